The van der Waals surface area contributed by atoms with Gasteiger partial charge in [0, 0.05) is 29.0 Å². The molecule has 5 N–H and O–H groups in total. The van der Waals surface area contributed by atoms with E-state index < -0.39 is 28.0 Å². The molecule has 2 aromatic heterocycles. The average Bonchev–Trinajstić information content (AvgIpc) is 1.67. The first-order valence-corrected chi connectivity index (χ1v) is 42.1. The molecule has 0 spiro atoms. The Balaban J connectivity index is 0.000000312. The van der Waals surface area contributed by atoms with E-state index in [1.807, 2.05) is 174 Å². The number of aromatic nitrogens is 4. The Hall–Kier alpha value is -10.9. The van der Waals surface area contributed by atoms with Crippen LogP contribution in [0.5, 0.6) is 5.75 Å². The van der Waals surface area contributed by atoms with Crippen molar-refractivity contribution in [2.24, 2.45) is 35.5 Å². The van der Waals surface area contributed by atoms with E-state index in [4.69, 9.17) is 42.3 Å². The minimum atomic E-state index is -3.80. The van der Waals surface area contributed by atoms with E-state index in [0.29, 0.717) is 94.4 Å². The molecule has 0 aliphatic heterocycles. The Kier molecular flexibility index (Phi) is 46.2. The summed E-state index contributed by atoms with van der Waals surface area (Å²) in [5.41, 5.74) is 9.05. The average molecular weight is 1670 g/mol. The van der Waals surface area contributed by atoms with Crippen molar-refractivity contribution in [3.05, 3.63) is 239 Å². The molecule has 9 aromatic rings. The third kappa shape index (κ3) is 35.2. The van der Waals surface area contributed by atoms with Crippen molar-refractivity contribution in [2.45, 2.75) is 198 Å². The van der Waals surface area contributed by atoms with Gasteiger partial charge in [0.15, 0.2) is 22.7 Å². The summed E-state index contributed by atoms with van der Waals surface area (Å²) >= 11 is 12.1. The lowest BCUT2D eigenvalue weighted by Crippen LogP contribution is -2.30. The number of rotatable bonds is 34. The third-order valence-corrected chi connectivity index (χ3v) is 20.7. The predicted octanol–water partition coefficient (Wildman–Crippen LogP) is 20.1. The van der Waals surface area contributed by atoms with E-state index >= 15 is 0 Å². The van der Waals surface area contributed by atoms with Crippen LogP contribution in [-0.2, 0) is 84.2 Å². The first-order chi connectivity index (χ1) is 56.3. The minimum absolute atomic E-state index is 0.0501. The van der Waals surface area contributed by atoms with Crippen molar-refractivity contribution in [3.8, 4) is 5.75 Å². The summed E-state index contributed by atoms with van der Waals surface area (Å²) in [4.78, 5) is 118. The van der Waals surface area contributed by atoms with Crippen LogP contribution in [0.1, 0.15) is 200 Å². The lowest BCUT2D eigenvalue weighted by molar-refractivity contribution is -0.154. The number of carbonyl (C=O) groups is 8. The summed E-state index contributed by atoms with van der Waals surface area (Å²) in [5.74, 6) is -0.579. The number of benzene rings is 7. The standard InChI is InChI=1S/C27H29N5O4.C18H19Cl2NO2.C13H17NO3.C13H19NO.C12H17NO4S.C7H14O/c1-3-22(4-2)26(33)35-15-21-12-10-19(11-13-21)14-32-18-30-23-24(28-17-29-25(23)32)31-27(34)36-16-20-8-6-5-7-9-20;1-3-12(4-2)18(22)23-17-8-6-5-7-16(17)21-15-10-9-13(19)11-14(15)20;1-3-10(4-2)13(16)17-14-12(15)11-8-6-5-7-9-11;1-3-12(4-2)13(15)14-10-11-8-6-5-7-9-11;1-3-10(4-2)12(14)17-13-18(15,16)11-8-6-5-7-9-11;1-4-7(5-2)6(3)8/h5-13,17-18,22H,3-4,14-16H2,1-2H3,(H,28,29,31,34);5-12,21H,3-4H2,1-2H3;5-10H,3-4H2,1-2H3,(H,14,15);5-9,12H,3-4,10H2,1-2H3,(H,14,15);5-10,13H,3-4H2,1-2H3;7H,4-5H2,1-3H3. The van der Waals surface area contributed by atoms with Gasteiger partial charge in [0.25, 0.3) is 15.9 Å². The van der Waals surface area contributed by atoms with Crippen molar-refractivity contribution in [1.82, 2.24) is 35.2 Å². The number of imidazole rings is 1. The Morgan fingerprint density at radius 3 is 1.46 bits per heavy atom. The molecule has 117 heavy (non-hydrogen) atoms. The van der Waals surface area contributed by atoms with Gasteiger partial charge in [-0.25, -0.2) is 33.0 Å². The maximum Gasteiger partial charge on any atom is 0.413 e. The van der Waals surface area contributed by atoms with Gasteiger partial charge in [0.1, 0.15) is 25.3 Å². The molecular formula is C90H115Cl2N9O15S. The van der Waals surface area contributed by atoms with Crippen LogP contribution in [0.2, 0.25) is 10.0 Å². The van der Waals surface area contributed by atoms with Gasteiger partial charge in [-0.2, -0.15) is 5.48 Å². The lowest BCUT2D eigenvalue weighted by atomic mass is 10.00. The van der Waals surface area contributed by atoms with Gasteiger partial charge in [0.2, 0.25) is 5.91 Å². The van der Waals surface area contributed by atoms with E-state index in [1.54, 1.807) is 80.0 Å². The second-order valence-electron chi connectivity index (χ2n) is 27.0. The quantitative estimate of drug-likeness (QED) is 0.0108. The number of sulfonamides is 1. The van der Waals surface area contributed by atoms with E-state index in [0.717, 1.165) is 73.6 Å². The van der Waals surface area contributed by atoms with E-state index in [2.05, 4.69) is 68.9 Å². The monoisotopic (exact) mass is 1660 g/mol. The van der Waals surface area contributed by atoms with E-state index in [1.165, 1.54) is 18.5 Å². The normalized spacial score (nSPS) is 10.7. The highest BCUT2D eigenvalue weighted by molar-refractivity contribution is 7.89. The van der Waals surface area contributed by atoms with Crippen molar-refractivity contribution in [2.75, 3.05) is 10.6 Å². The number of carbonyl (C=O) groups excluding carboxylic acids is 8. The number of ether oxygens (including phenoxy) is 3. The van der Waals surface area contributed by atoms with Crippen LogP contribution in [0.25, 0.3) is 11.2 Å². The number of halogens is 2. The number of ketones is 1. The molecule has 0 aliphatic carbocycles. The van der Waals surface area contributed by atoms with Crippen LogP contribution in [0.15, 0.2) is 206 Å². The molecule has 24 nitrogen and oxygen atoms in total. The summed E-state index contributed by atoms with van der Waals surface area (Å²) in [6, 6.07) is 56.1. The molecule has 2 heterocycles. The maximum atomic E-state index is 12.3. The molecular weight excluding hydrogens is 1550 g/mol. The molecule has 0 atom stereocenters. The number of hydroxylamine groups is 1. The van der Waals surface area contributed by atoms with Crippen LogP contribution < -0.4 is 31.1 Å². The highest BCUT2D eigenvalue weighted by atomic mass is 35.5. The molecule has 0 saturated carbocycles. The van der Waals surface area contributed by atoms with Crippen molar-refractivity contribution in [3.63, 3.8) is 0 Å². The fraction of sp³-hybridized carbons (Fsp3) is 0.389. The molecule has 0 bridgehead atoms. The molecule has 7 aromatic carbocycles. The fourth-order valence-electron chi connectivity index (χ4n) is 11.3. The lowest BCUT2D eigenvalue weighted by Gasteiger charge is -2.16. The van der Waals surface area contributed by atoms with Crippen LogP contribution in [0.3, 0.4) is 0 Å². The Morgan fingerprint density at radius 1 is 0.462 bits per heavy atom. The summed E-state index contributed by atoms with van der Waals surface area (Å²) < 4.78 is 41.6. The van der Waals surface area contributed by atoms with Crippen LogP contribution >= 0.6 is 23.2 Å². The van der Waals surface area contributed by atoms with Crippen LogP contribution in [0.4, 0.5) is 22.0 Å². The van der Waals surface area contributed by atoms with Gasteiger partial charge in [-0.05, 0) is 166 Å². The second kappa shape index (κ2) is 54.9. The zero-order valence-corrected chi connectivity index (χ0v) is 71.7. The Labute approximate surface area is 699 Å². The maximum absolute atomic E-state index is 12.3. The third-order valence-electron chi connectivity index (χ3n) is 19.0. The predicted molar refractivity (Wildman–Crippen MR) is 459 cm³/mol. The van der Waals surface area contributed by atoms with Gasteiger partial charge in [-0.1, -0.05) is 240 Å². The van der Waals surface area contributed by atoms with Crippen molar-refractivity contribution >= 4 is 109 Å². The summed E-state index contributed by atoms with van der Waals surface area (Å²) in [6.07, 6.45) is 11.9. The number of fused-ring (bicyclic) bond motifs is 1. The van der Waals surface area contributed by atoms with Gasteiger partial charge >= 0.3 is 30.0 Å². The van der Waals surface area contributed by atoms with Crippen molar-refractivity contribution in [1.29, 1.82) is 0 Å². The second-order valence-corrected chi connectivity index (χ2v) is 29.5. The molecule has 0 fully saturated rings. The van der Waals surface area contributed by atoms with E-state index in [-0.39, 0.29) is 77.3 Å². The van der Waals surface area contributed by atoms with Gasteiger partial charge in [0.05, 0.1) is 57.8 Å². The molecule has 0 saturated heterocycles. The summed E-state index contributed by atoms with van der Waals surface area (Å²) in [6.45, 7) is 26.9. The number of hydrogen-bond donors (Lipinski definition) is 5. The number of nitrogens with one attached hydrogen (secondary N) is 5. The SMILES string of the molecule is CCC(CC)C(=O)NCc1ccccc1.CCC(CC)C(=O)OCc1ccc(Cn2cnc3c(NC(=O)OCc4ccccc4)ncnc32)cc1.CCC(CC)C(=O)ONC(=O)c1ccccc1.CCC(CC)C(=O)ONS(=O)(=O)c1ccccc1.CCC(CC)C(=O)Oc1ccccc1Nc1ccc(Cl)cc1Cl.CCC(CC)C(C)=O. The van der Waals surface area contributed by atoms with Crippen molar-refractivity contribution < 1.29 is 70.7 Å². The number of anilines is 3. The van der Waals surface area contributed by atoms with Gasteiger partial charge in [-0.15, -0.1) is 0 Å². The number of Topliss-reactive ketones (excluding diaryl/α,β-unsaturated/α-hetero) is 1. The molecule has 27 heteroatoms. The van der Waals surface area contributed by atoms with Crippen LogP contribution in [0, 0.1) is 35.5 Å². The van der Waals surface area contributed by atoms with Gasteiger partial charge < -0.3 is 39.1 Å². The summed E-state index contributed by atoms with van der Waals surface area (Å²) in [7, 11) is -3.80. The first kappa shape index (κ1) is 98.5. The molecule has 0 aliphatic rings. The molecule has 630 valence electrons. The molecule has 0 unspecified atom stereocenters. The first-order valence-electron chi connectivity index (χ1n) is 39.9. The highest BCUT2D eigenvalue weighted by Crippen LogP contribution is 2.34. The number of para-hydroxylation sites is 2. The smallest absolute Gasteiger partial charge is 0.413 e. The molecule has 3 amide bonds. The largest absolute Gasteiger partial charge is 0.461 e. The minimum Gasteiger partial charge on any atom is -0.461 e. The van der Waals surface area contributed by atoms with Gasteiger partial charge in [-0.3, -0.25) is 34.1 Å². The Bertz CT molecular complexity index is 4560. The summed E-state index contributed by atoms with van der Waals surface area (Å²) in [5, 5.41) is 9.85. The number of esters is 2. The number of amides is 3. The topological polar surface area (TPSA) is 321 Å². The fourth-order valence-corrected chi connectivity index (χ4v) is 12.6. The number of hydrogen-bond acceptors (Lipinski definition) is 19. The molecule has 0 radical (unpaired) electrons. The number of nitrogens with zero attached hydrogens (tertiary/aromatic N) is 4. The molecule has 9 rings (SSSR count). The Morgan fingerprint density at radius 2 is 0.932 bits per heavy atom. The highest BCUT2D eigenvalue weighted by Gasteiger charge is 2.24. The zero-order valence-electron chi connectivity index (χ0n) is 69.4. The van der Waals surface area contributed by atoms with E-state index in [9.17, 15) is 46.8 Å². The zero-order chi connectivity index (χ0) is 86.1. The van der Waals surface area contributed by atoms with Crippen LogP contribution in [-0.4, -0.2) is 75.5 Å².